The Labute approximate surface area is 147 Å². The van der Waals surface area contributed by atoms with Gasteiger partial charge in [0.15, 0.2) is 0 Å². The fourth-order valence-corrected chi connectivity index (χ4v) is 2.15. The molecule has 0 spiro atoms. The van der Waals surface area contributed by atoms with Gasteiger partial charge in [0.25, 0.3) is 6.43 Å². The Balaban J connectivity index is 0.000000316. The number of ether oxygens (including phenoxy) is 2. The van der Waals surface area contributed by atoms with E-state index in [-0.39, 0.29) is 19.1 Å². The van der Waals surface area contributed by atoms with E-state index in [9.17, 15) is 18.4 Å². The number of carbonyl (C=O) groups excluding carboxylic acids is 2. The number of hydrogen-bond acceptors (Lipinski definition) is 6. The third-order valence-corrected chi connectivity index (χ3v) is 3.37. The van der Waals surface area contributed by atoms with Gasteiger partial charge in [-0.3, -0.25) is 0 Å². The van der Waals surface area contributed by atoms with E-state index >= 15 is 0 Å². The fourth-order valence-electron chi connectivity index (χ4n) is 2.04. The average Bonchev–Trinajstić information content (AvgIpc) is 3.20. The molecule has 0 aromatic carbocycles. The predicted octanol–water partition coefficient (Wildman–Crippen LogP) is 2.34. The van der Waals surface area contributed by atoms with E-state index in [1.165, 1.54) is 23.2 Å². The molecule has 0 atom stereocenters. The molecule has 0 fully saturated rings. The summed E-state index contributed by atoms with van der Waals surface area (Å²) in [6.07, 6.45) is 3.34. The first-order chi connectivity index (χ1) is 11.9. The molecule has 0 radical (unpaired) electrons. The smallest absolute Gasteiger partial charge is 0.333 e. The van der Waals surface area contributed by atoms with Crippen LogP contribution >= 0.6 is 11.6 Å². The first kappa shape index (κ1) is 18.9. The Kier molecular flexibility index (Phi) is 6.88. The van der Waals surface area contributed by atoms with Gasteiger partial charge >= 0.3 is 11.9 Å². The Morgan fingerprint density at radius 3 is 2.48 bits per heavy atom. The maximum atomic E-state index is 12.6. The maximum absolute atomic E-state index is 12.6. The minimum atomic E-state index is -2.50. The molecule has 0 aliphatic carbocycles. The van der Waals surface area contributed by atoms with Crippen LogP contribution in [0.2, 0.25) is 5.15 Å². The molecule has 0 saturated carbocycles. The lowest BCUT2D eigenvalue weighted by atomic mass is 10.2. The van der Waals surface area contributed by atoms with Crippen LogP contribution in [0, 0.1) is 0 Å². The molecular formula is C16H15ClF2N2O4. The first-order valence-electron chi connectivity index (χ1n) is 7.28. The van der Waals surface area contributed by atoms with Crippen LogP contribution < -0.4 is 0 Å². The van der Waals surface area contributed by atoms with Gasteiger partial charge in [0.05, 0.1) is 12.2 Å². The number of rotatable bonds is 5. The van der Waals surface area contributed by atoms with E-state index in [0.29, 0.717) is 17.5 Å². The van der Waals surface area contributed by atoms with Crippen LogP contribution in [0.15, 0.2) is 42.3 Å². The second-order valence-corrected chi connectivity index (χ2v) is 5.42. The summed E-state index contributed by atoms with van der Waals surface area (Å²) in [7, 11) is 0. The number of halogens is 3. The largest absolute Gasteiger partial charge is 0.458 e. The Bertz CT molecular complexity index is 677. The topological polar surface area (TPSA) is 68.7 Å². The van der Waals surface area contributed by atoms with Crippen molar-refractivity contribution in [3.8, 4) is 0 Å². The monoisotopic (exact) mass is 372 g/mol. The van der Waals surface area contributed by atoms with E-state index in [1.54, 1.807) is 18.2 Å². The molecule has 2 aliphatic rings. The van der Waals surface area contributed by atoms with E-state index in [4.69, 9.17) is 16.3 Å². The van der Waals surface area contributed by atoms with Gasteiger partial charge in [0, 0.05) is 24.9 Å². The van der Waals surface area contributed by atoms with Gasteiger partial charge in [-0.25, -0.2) is 23.4 Å². The minimum absolute atomic E-state index is 0.0204. The van der Waals surface area contributed by atoms with Crippen molar-refractivity contribution in [2.24, 2.45) is 0 Å². The van der Waals surface area contributed by atoms with Gasteiger partial charge in [-0.05, 0) is 17.7 Å². The maximum Gasteiger partial charge on any atom is 0.333 e. The normalized spacial score (nSPS) is 15.4. The molecule has 6 nitrogen and oxygen atoms in total. The number of hydrogen-bond donors (Lipinski definition) is 0. The van der Waals surface area contributed by atoms with Crippen LogP contribution in [-0.2, 0) is 25.6 Å². The molecular weight excluding hydrogens is 358 g/mol. The van der Waals surface area contributed by atoms with Crippen LogP contribution in [-0.4, -0.2) is 48.0 Å². The molecule has 25 heavy (non-hydrogen) atoms. The van der Waals surface area contributed by atoms with Crippen LogP contribution in [0.25, 0.3) is 0 Å². The summed E-state index contributed by atoms with van der Waals surface area (Å²) >= 11 is 5.66. The SMILES string of the molecule is O=C1C=C(N(Cc2ccc(Cl)nc2)CC(F)F)CO1.O=C1C=CCO1. The van der Waals surface area contributed by atoms with Crippen molar-refractivity contribution in [1.29, 1.82) is 0 Å². The lowest BCUT2D eigenvalue weighted by Crippen LogP contribution is -2.28. The zero-order chi connectivity index (χ0) is 18.2. The average molecular weight is 373 g/mol. The summed E-state index contributed by atoms with van der Waals surface area (Å²) in [5, 5.41) is 0.336. The Hall–Kier alpha value is -2.48. The third-order valence-electron chi connectivity index (χ3n) is 3.15. The number of alkyl halides is 2. The molecule has 3 heterocycles. The molecule has 0 N–H and O–H groups in total. The molecule has 9 heteroatoms. The van der Waals surface area contributed by atoms with Crippen LogP contribution in [0.1, 0.15) is 5.56 Å². The van der Waals surface area contributed by atoms with Crippen molar-refractivity contribution in [2.45, 2.75) is 13.0 Å². The number of nitrogens with zero attached hydrogens (tertiary/aromatic N) is 2. The van der Waals surface area contributed by atoms with E-state index in [1.807, 2.05) is 0 Å². The Morgan fingerprint density at radius 2 is 2.04 bits per heavy atom. The van der Waals surface area contributed by atoms with Crippen molar-refractivity contribution in [3.63, 3.8) is 0 Å². The van der Waals surface area contributed by atoms with E-state index < -0.39 is 18.9 Å². The van der Waals surface area contributed by atoms with Gasteiger partial charge in [-0.15, -0.1) is 0 Å². The van der Waals surface area contributed by atoms with Gasteiger partial charge < -0.3 is 14.4 Å². The summed E-state index contributed by atoms with van der Waals surface area (Å²) in [4.78, 5) is 26.2. The van der Waals surface area contributed by atoms with Gasteiger partial charge in [0.2, 0.25) is 0 Å². The molecule has 0 saturated heterocycles. The van der Waals surface area contributed by atoms with E-state index in [2.05, 4.69) is 9.72 Å². The van der Waals surface area contributed by atoms with Crippen molar-refractivity contribution < 1.29 is 27.8 Å². The van der Waals surface area contributed by atoms with Crippen molar-refractivity contribution in [1.82, 2.24) is 9.88 Å². The highest BCUT2D eigenvalue weighted by Crippen LogP contribution is 2.17. The number of pyridine rings is 1. The number of esters is 2. The molecule has 1 aromatic heterocycles. The van der Waals surface area contributed by atoms with Crippen molar-refractivity contribution in [2.75, 3.05) is 19.8 Å². The summed E-state index contributed by atoms with van der Waals surface area (Å²) < 4.78 is 34.3. The lowest BCUT2D eigenvalue weighted by Gasteiger charge is -2.24. The molecule has 3 rings (SSSR count). The zero-order valence-corrected chi connectivity index (χ0v) is 13.8. The molecule has 2 aliphatic heterocycles. The summed E-state index contributed by atoms with van der Waals surface area (Å²) in [6, 6.07) is 3.29. The summed E-state index contributed by atoms with van der Waals surface area (Å²) in [6.45, 7) is 0.230. The number of carbonyl (C=O) groups is 2. The lowest BCUT2D eigenvalue weighted by molar-refractivity contribution is -0.135. The van der Waals surface area contributed by atoms with Gasteiger partial charge in [0.1, 0.15) is 18.4 Å². The highest BCUT2D eigenvalue weighted by Gasteiger charge is 2.22. The Morgan fingerprint density at radius 1 is 1.24 bits per heavy atom. The molecule has 0 amide bonds. The van der Waals surface area contributed by atoms with Crippen LogP contribution in [0.3, 0.4) is 0 Å². The second kappa shape index (κ2) is 9.12. The van der Waals surface area contributed by atoms with Crippen LogP contribution in [0.4, 0.5) is 8.78 Å². The highest BCUT2D eigenvalue weighted by molar-refractivity contribution is 6.29. The van der Waals surface area contributed by atoms with Crippen LogP contribution in [0.5, 0.6) is 0 Å². The second-order valence-electron chi connectivity index (χ2n) is 5.04. The van der Waals surface area contributed by atoms with Gasteiger partial charge in [-0.2, -0.15) is 0 Å². The number of aromatic nitrogens is 1. The summed E-state index contributed by atoms with van der Waals surface area (Å²) in [5.74, 6) is -0.738. The van der Waals surface area contributed by atoms with Gasteiger partial charge in [-0.1, -0.05) is 17.7 Å². The van der Waals surface area contributed by atoms with E-state index in [0.717, 1.165) is 5.56 Å². The zero-order valence-electron chi connectivity index (χ0n) is 13.0. The standard InChI is InChI=1S/C12H11ClF2N2O2.C4H4O2/c13-10-2-1-8(4-16-10)5-17(6-11(14)15)9-3-12(18)19-7-9;5-4-2-1-3-6-4/h1-4,11H,5-7H2;1-2H,3H2. The molecule has 134 valence electrons. The molecule has 0 bridgehead atoms. The van der Waals surface area contributed by atoms with Crippen molar-refractivity contribution >= 4 is 23.5 Å². The molecule has 0 unspecified atom stereocenters. The summed E-state index contributed by atoms with van der Waals surface area (Å²) in [5.41, 5.74) is 1.17. The highest BCUT2D eigenvalue weighted by atomic mass is 35.5. The minimum Gasteiger partial charge on any atom is -0.458 e. The fraction of sp³-hybridized carbons (Fsp3) is 0.312. The quantitative estimate of drug-likeness (QED) is 0.583. The first-order valence-corrected chi connectivity index (χ1v) is 7.66. The number of cyclic esters (lactones) is 2. The third kappa shape index (κ3) is 6.50. The van der Waals surface area contributed by atoms with Crippen molar-refractivity contribution in [3.05, 3.63) is 53.0 Å². The molecule has 1 aromatic rings. The predicted molar refractivity (Wildman–Crippen MR) is 84.8 cm³/mol.